The Labute approximate surface area is 109 Å². The largest absolute Gasteiger partial charge is 0.356 e. The summed E-state index contributed by atoms with van der Waals surface area (Å²) in [5, 5.41) is 2.78. The summed E-state index contributed by atoms with van der Waals surface area (Å²) in [5.74, 6) is 0.174. The summed E-state index contributed by atoms with van der Waals surface area (Å²) in [6.45, 7) is 4.14. The van der Waals surface area contributed by atoms with Gasteiger partial charge in [-0.25, -0.2) is 0 Å². The molecular weight excluding hydrogens is 230 g/mol. The molecule has 0 bridgehead atoms. The Balaban J connectivity index is 2.02. The zero-order chi connectivity index (χ0) is 13.4. The van der Waals surface area contributed by atoms with Gasteiger partial charge in [0.1, 0.15) is 0 Å². The highest BCUT2D eigenvalue weighted by Gasteiger charge is 2.17. The summed E-state index contributed by atoms with van der Waals surface area (Å²) in [4.78, 5) is 25.0. The molecule has 2 amide bonds. The second kappa shape index (κ2) is 8.08. The molecule has 1 fully saturated rings. The van der Waals surface area contributed by atoms with Crippen LogP contribution in [0.4, 0.5) is 0 Å². The Bertz CT molecular complexity index is 273. The molecule has 1 saturated heterocycles. The SMILES string of the molecule is CC(N)CCCC(=O)NCCC(=O)N1CCCC1. The van der Waals surface area contributed by atoms with E-state index in [0.717, 1.165) is 38.8 Å². The fourth-order valence-corrected chi connectivity index (χ4v) is 2.11. The summed E-state index contributed by atoms with van der Waals surface area (Å²) in [6.07, 6.45) is 4.80. The third-order valence-electron chi connectivity index (χ3n) is 3.18. The first-order valence-corrected chi connectivity index (χ1v) is 6.89. The summed E-state index contributed by atoms with van der Waals surface area (Å²) >= 11 is 0. The maximum absolute atomic E-state index is 11.7. The Kier molecular flexibility index (Phi) is 6.72. The predicted molar refractivity (Wildman–Crippen MR) is 70.9 cm³/mol. The van der Waals surface area contributed by atoms with Gasteiger partial charge in [-0.2, -0.15) is 0 Å². The zero-order valence-corrected chi connectivity index (χ0v) is 11.3. The van der Waals surface area contributed by atoms with E-state index in [-0.39, 0.29) is 17.9 Å². The summed E-state index contributed by atoms with van der Waals surface area (Å²) < 4.78 is 0. The van der Waals surface area contributed by atoms with E-state index in [0.29, 0.717) is 19.4 Å². The predicted octanol–water partition coefficient (Wildman–Crippen LogP) is 0.633. The maximum atomic E-state index is 11.7. The van der Waals surface area contributed by atoms with Crippen molar-refractivity contribution in [3.05, 3.63) is 0 Å². The molecule has 5 heteroatoms. The highest BCUT2D eigenvalue weighted by atomic mass is 16.2. The number of hydrogen-bond donors (Lipinski definition) is 2. The first-order valence-electron chi connectivity index (χ1n) is 6.89. The first kappa shape index (κ1) is 15.0. The third kappa shape index (κ3) is 6.00. The van der Waals surface area contributed by atoms with Crippen molar-refractivity contribution in [2.24, 2.45) is 5.73 Å². The molecule has 18 heavy (non-hydrogen) atoms. The van der Waals surface area contributed by atoms with Gasteiger partial charge >= 0.3 is 0 Å². The Hall–Kier alpha value is -1.10. The van der Waals surface area contributed by atoms with Gasteiger partial charge in [0.05, 0.1) is 0 Å². The van der Waals surface area contributed by atoms with Crippen LogP contribution in [0.25, 0.3) is 0 Å². The number of hydrogen-bond acceptors (Lipinski definition) is 3. The molecule has 1 unspecified atom stereocenters. The van der Waals surface area contributed by atoms with Crippen molar-refractivity contribution >= 4 is 11.8 Å². The van der Waals surface area contributed by atoms with Crippen LogP contribution in [-0.2, 0) is 9.59 Å². The van der Waals surface area contributed by atoms with Gasteiger partial charge in [-0.15, -0.1) is 0 Å². The van der Waals surface area contributed by atoms with Crippen molar-refractivity contribution in [3.63, 3.8) is 0 Å². The molecule has 1 aliphatic rings. The highest BCUT2D eigenvalue weighted by Crippen LogP contribution is 2.08. The van der Waals surface area contributed by atoms with Crippen molar-refractivity contribution < 1.29 is 9.59 Å². The standard InChI is InChI=1S/C13H25N3O2/c1-11(14)5-4-6-12(17)15-8-7-13(18)16-9-2-3-10-16/h11H,2-10,14H2,1H3,(H,15,17). The molecule has 0 saturated carbocycles. The number of rotatable bonds is 7. The van der Waals surface area contributed by atoms with Gasteiger partial charge in [-0.3, -0.25) is 9.59 Å². The summed E-state index contributed by atoms with van der Waals surface area (Å²) in [5.41, 5.74) is 5.61. The highest BCUT2D eigenvalue weighted by molar-refractivity contribution is 5.79. The minimum atomic E-state index is 0.0184. The van der Waals surface area contributed by atoms with E-state index in [1.807, 2.05) is 11.8 Å². The van der Waals surface area contributed by atoms with Crippen molar-refractivity contribution in [3.8, 4) is 0 Å². The van der Waals surface area contributed by atoms with Gasteiger partial charge in [-0.05, 0) is 32.6 Å². The lowest BCUT2D eigenvalue weighted by Crippen LogP contribution is -2.32. The zero-order valence-electron chi connectivity index (χ0n) is 11.3. The molecule has 1 heterocycles. The van der Waals surface area contributed by atoms with Crippen LogP contribution in [-0.4, -0.2) is 42.4 Å². The maximum Gasteiger partial charge on any atom is 0.224 e. The van der Waals surface area contributed by atoms with E-state index in [4.69, 9.17) is 5.73 Å². The molecule has 0 aliphatic carbocycles. The van der Waals surface area contributed by atoms with Gasteiger partial charge in [0.2, 0.25) is 11.8 Å². The van der Waals surface area contributed by atoms with E-state index < -0.39 is 0 Å². The van der Waals surface area contributed by atoms with E-state index in [1.54, 1.807) is 0 Å². The molecule has 3 N–H and O–H groups in total. The molecule has 0 aromatic heterocycles. The number of likely N-dealkylation sites (tertiary alicyclic amines) is 1. The molecule has 5 nitrogen and oxygen atoms in total. The Morgan fingerprint density at radius 1 is 1.28 bits per heavy atom. The average molecular weight is 255 g/mol. The molecule has 1 rings (SSSR count). The van der Waals surface area contributed by atoms with Crippen molar-refractivity contribution in [1.82, 2.24) is 10.2 Å². The number of carbonyl (C=O) groups is 2. The Morgan fingerprint density at radius 2 is 1.94 bits per heavy atom. The van der Waals surface area contributed by atoms with Crippen LogP contribution in [0.15, 0.2) is 0 Å². The van der Waals surface area contributed by atoms with Crippen LogP contribution in [0.5, 0.6) is 0 Å². The number of carbonyl (C=O) groups excluding carboxylic acids is 2. The lowest BCUT2D eigenvalue weighted by Gasteiger charge is -2.15. The monoisotopic (exact) mass is 255 g/mol. The molecule has 0 aromatic carbocycles. The first-order chi connectivity index (χ1) is 8.59. The van der Waals surface area contributed by atoms with Crippen LogP contribution in [0.1, 0.15) is 45.4 Å². The van der Waals surface area contributed by atoms with Crippen LogP contribution in [0, 0.1) is 0 Å². The number of nitrogens with two attached hydrogens (primary N) is 1. The lowest BCUT2D eigenvalue weighted by atomic mass is 10.1. The van der Waals surface area contributed by atoms with Crippen LogP contribution < -0.4 is 11.1 Å². The quantitative estimate of drug-likeness (QED) is 0.700. The number of nitrogens with zero attached hydrogens (tertiary/aromatic N) is 1. The lowest BCUT2D eigenvalue weighted by molar-refractivity contribution is -0.130. The minimum absolute atomic E-state index is 0.0184. The van der Waals surface area contributed by atoms with E-state index in [9.17, 15) is 9.59 Å². The van der Waals surface area contributed by atoms with Gasteiger partial charge in [0.25, 0.3) is 0 Å². The molecule has 1 atom stereocenters. The van der Waals surface area contributed by atoms with Crippen LogP contribution >= 0.6 is 0 Å². The van der Waals surface area contributed by atoms with E-state index >= 15 is 0 Å². The van der Waals surface area contributed by atoms with Crippen molar-refractivity contribution in [2.45, 2.75) is 51.5 Å². The summed E-state index contributed by atoms with van der Waals surface area (Å²) in [7, 11) is 0. The molecule has 0 spiro atoms. The second-order valence-electron chi connectivity index (χ2n) is 5.06. The number of nitrogens with one attached hydrogen (secondary N) is 1. The third-order valence-corrected chi connectivity index (χ3v) is 3.18. The van der Waals surface area contributed by atoms with Crippen LogP contribution in [0.3, 0.4) is 0 Å². The fourth-order valence-electron chi connectivity index (χ4n) is 2.11. The van der Waals surface area contributed by atoms with E-state index in [1.165, 1.54) is 0 Å². The van der Waals surface area contributed by atoms with Gasteiger partial charge in [0.15, 0.2) is 0 Å². The second-order valence-corrected chi connectivity index (χ2v) is 5.06. The normalized spacial score (nSPS) is 16.7. The van der Waals surface area contributed by atoms with Gasteiger partial charge in [0, 0.05) is 38.5 Å². The molecular formula is C13H25N3O2. The smallest absolute Gasteiger partial charge is 0.224 e. The van der Waals surface area contributed by atoms with Gasteiger partial charge in [-0.1, -0.05) is 0 Å². The average Bonchev–Trinajstić information content (AvgIpc) is 2.81. The topological polar surface area (TPSA) is 75.4 Å². The molecule has 104 valence electrons. The van der Waals surface area contributed by atoms with E-state index in [2.05, 4.69) is 5.32 Å². The van der Waals surface area contributed by atoms with Crippen LogP contribution in [0.2, 0.25) is 0 Å². The summed E-state index contributed by atoms with van der Waals surface area (Å²) in [6, 6.07) is 0.148. The number of amides is 2. The van der Waals surface area contributed by atoms with Gasteiger partial charge < -0.3 is 16.0 Å². The molecule has 0 aromatic rings. The van der Waals surface area contributed by atoms with Crippen molar-refractivity contribution in [1.29, 1.82) is 0 Å². The van der Waals surface area contributed by atoms with Crippen molar-refractivity contribution in [2.75, 3.05) is 19.6 Å². The fraction of sp³-hybridized carbons (Fsp3) is 0.846. The minimum Gasteiger partial charge on any atom is -0.356 e. The Morgan fingerprint density at radius 3 is 2.56 bits per heavy atom. The molecule has 0 radical (unpaired) electrons. The molecule has 1 aliphatic heterocycles.